The fourth-order valence-electron chi connectivity index (χ4n) is 2.02. The molecule has 1 atom stereocenters. The first-order valence-corrected chi connectivity index (χ1v) is 8.00. The van der Waals surface area contributed by atoms with Crippen LogP contribution in [0.15, 0.2) is 23.1 Å². The maximum absolute atomic E-state index is 12.7. The van der Waals surface area contributed by atoms with Crippen LogP contribution in [0.2, 0.25) is 0 Å². The zero-order valence-corrected chi connectivity index (χ0v) is 13.1. The smallest absolute Gasteiger partial charge is 0.291 e. The molecule has 0 heterocycles. The predicted molar refractivity (Wildman–Crippen MR) is 80.2 cm³/mol. The summed E-state index contributed by atoms with van der Waals surface area (Å²) in [5.41, 5.74) is 2.04. The third-order valence-corrected chi connectivity index (χ3v) is 5.44. The van der Waals surface area contributed by atoms with Gasteiger partial charge in [-0.25, -0.2) is 8.42 Å². The third kappa shape index (κ3) is 3.49. The molecular formula is C12H20N4O4S. The summed E-state index contributed by atoms with van der Waals surface area (Å²) >= 11 is 0. The van der Waals surface area contributed by atoms with E-state index in [0.717, 1.165) is 6.07 Å². The lowest BCUT2D eigenvalue weighted by Gasteiger charge is -2.26. The summed E-state index contributed by atoms with van der Waals surface area (Å²) in [5, 5.41) is 11.1. The molecule has 1 aromatic carbocycles. The molecule has 0 radical (unpaired) electrons. The Bertz CT molecular complexity index is 618. The van der Waals surface area contributed by atoms with Crippen LogP contribution in [0.5, 0.6) is 0 Å². The molecule has 21 heavy (non-hydrogen) atoms. The number of nitrogen functional groups attached to an aromatic ring is 1. The molecule has 1 unspecified atom stereocenters. The van der Waals surface area contributed by atoms with Gasteiger partial charge in [-0.15, -0.1) is 0 Å². The number of anilines is 1. The number of nitrogens with two attached hydrogens (primary N) is 1. The summed E-state index contributed by atoms with van der Waals surface area (Å²) in [5.74, 6) is 5.20. The van der Waals surface area contributed by atoms with Crippen LogP contribution in [-0.4, -0.2) is 30.2 Å². The van der Waals surface area contributed by atoms with Gasteiger partial charge in [0.15, 0.2) is 4.90 Å². The van der Waals surface area contributed by atoms with E-state index in [4.69, 9.17) is 5.84 Å². The maximum Gasteiger partial charge on any atom is 0.291 e. The van der Waals surface area contributed by atoms with E-state index < -0.39 is 20.6 Å². The summed E-state index contributed by atoms with van der Waals surface area (Å²) < 4.78 is 26.6. The van der Waals surface area contributed by atoms with Gasteiger partial charge in [0.25, 0.3) is 5.69 Å². The lowest BCUT2D eigenvalue weighted by atomic mass is 10.3. The van der Waals surface area contributed by atoms with Gasteiger partial charge in [-0.3, -0.25) is 16.0 Å². The van der Waals surface area contributed by atoms with Crippen LogP contribution in [0.1, 0.15) is 27.2 Å². The minimum absolute atomic E-state index is 0.241. The quantitative estimate of drug-likeness (QED) is 0.449. The molecule has 0 spiro atoms. The van der Waals surface area contributed by atoms with Gasteiger partial charge < -0.3 is 5.43 Å². The van der Waals surface area contributed by atoms with Crippen LogP contribution in [0.25, 0.3) is 0 Å². The van der Waals surface area contributed by atoms with Crippen molar-refractivity contribution in [1.82, 2.24) is 4.31 Å². The summed E-state index contributed by atoms with van der Waals surface area (Å²) in [6.45, 7) is 5.57. The molecule has 0 aliphatic carbocycles. The number of nitro benzene ring substituents is 1. The number of hydrogen-bond donors (Lipinski definition) is 2. The van der Waals surface area contributed by atoms with Gasteiger partial charge in [0.05, 0.1) is 10.6 Å². The van der Waals surface area contributed by atoms with Crippen LogP contribution < -0.4 is 11.3 Å². The molecule has 0 saturated carbocycles. The van der Waals surface area contributed by atoms with Crippen LogP contribution in [0.4, 0.5) is 11.4 Å². The van der Waals surface area contributed by atoms with Crippen molar-refractivity contribution < 1.29 is 13.3 Å². The fourth-order valence-corrected chi connectivity index (χ4v) is 3.87. The molecule has 1 aromatic rings. The van der Waals surface area contributed by atoms with E-state index in [1.807, 2.05) is 6.92 Å². The van der Waals surface area contributed by atoms with E-state index in [1.165, 1.54) is 16.4 Å². The lowest BCUT2D eigenvalue weighted by Crippen LogP contribution is -2.38. The maximum atomic E-state index is 12.7. The Kier molecular flexibility index (Phi) is 5.64. The zero-order chi connectivity index (χ0) is 16.2. The molecule has 0 bridgehead atoms. The Morgan fingerprint density at radius 2 is 2.05 bits per heavy atom. The van der Waals surface area contributed by atoms with Crippen molar-refractivity contribution in [2.75, 3.05) is 12.0 Å². The number of nitrogens with zero attached hydrogens (tertiary/aromatic N) is 2. The van der Waals surface area contributed by atoms with Crippen LogP contribution >= 0.6 is 0 Å². The number of nitrogens with one attached hydrogen (secondary N) is 1. The number of hydrogen-bond acceptors (Lipinski definition) is 6. The Balaban J connectivity index is 3.46. The Labute approximate surface area is 124 Å². The summed E-state index contributed by atoms with van der Waals surface area (Å²) in [7, 11) is -3.94. The molecule has 0 amide bonds. The van der Waals surface area contributed by atoms with E-state index in [9.17, 15) is 18.5 Å². The van der Waals surface area contributed by atoms with Crippen LogP contribution in [-0.2, 0) is 10.0 Å². The molecule has 0 aliphatic rings. The number of sulfonamides is 1. The minimum atomic E-state index is -3.94. The van der Waals surface area contributed by atoms with Crippen molar-refractivity contribution >= 4 is 21.4 Å². The number of rotatable bonds is 7. The number of benzene rings is 1. The highest BCUT2D eigenvalue weighted by Crippen LogP contribution is 2.30. The minimum Gasteiger partial charge on any atom is -0.324 e. The first kappa shape index (κ1) is 17.3. The first-order valence-electron chi connectivity index (χ1n) is 6.56. The second kappa shape index (κ2) is 6.83. The number of hydrazine groups is 1. The average molecular weight is 316 g/mol. The molecule has 3 N–H and O–H groups in total. The van der Waals surface area contributed by atoms with Crippen molar-refractivity contribution in [3.05, 3.63) is 28.3 Å². The van der Waals surface area contributed by atoms with E-state index >= 15 is 0 Å². The number of nitro groups is 1. The molecule has 1 rings (SSSR count). The van der Waals surface area contributed by atoms with Crippen molar-refractivity contribution in [1.29, 1.82) is 0 Å². The van der Waals surface area contributed by atoms with E-state index in [2.05, 4.69) is 5.43 Å². The van der Waals surface area contributed by atoms with Crippen LogP contribution in [0, 0.1) is 10.1 Å². The van der Waals surface area contributed by atoms with Gasteiger partial charge >= 0.3 is 0 Å². The monoisotopic (exact) mass is 316 g/mol. The van der Waals surface area contributed by atoms with Gasteiger partial charge in [-0.2, -0.15) is 4.31 Å². The second-order valence-electron chi connectivity index (χ2n) is 4.55. The van der Waals surface area contributed by atoms with E-state index in [0.29, 0.717) is 6.42 Å². The highest BCUT2D eigenvalue weighted by atomic mass is 32.2. The fraction of sp³-hybridized carbons (Fsp3) is 0.500. The predicted octanol–water partition coefficient (Wildman–Crippen LogP) is 1.69. The molecule has 0 aliphatic heterocycles. The lowest BCUT2D eigenvalue weighted by molar-refractivity contribution is -0.387. The van der Waals surface area contributed by atoms with Gasteiger partial charge in [0.2, 0.25) is 10.0 Å². The first-order chi connectivity index (χ1) is 9.79. The summed E-state index contributed by atoms with van der Waals surface area (Å²) in [6.07, 6.45) is 0.614. The molecule has 9 heteroatoms. The van der Waals surface area contributed by atoms with Crippen molar-refractivity contribution in [3.8, 4) is 0 Å². The second-order valence-corrected chi connectivity index (χ2v) is 6.41. The normalized spacial score (nSPS) is 13.2. The molecule has 118 valence electrons. The van der Waals surface area contributed by atoms with Crippen molar-refractivity contribution in [2.45, 2.75) is 38.1 Å². The molecule has 8 nitrogen and oxygen atoms in total. The van der Waals surface area contributed by atoms with Crippen molar-refractivity contribution in [3.63, 3.8) is 0 Å². The van der Waals surface area contributed by atoms with Crippen LogP contribution in [0.3, 0.4) is 0 Å². The molecule has 0 aromatic heterocycles. The molecular weight excluding hydrogens is 296 g/mol. The third-order valence-electron chi connectivity index (χ3n) is 3.30. The topological polar surface area (TPSA) is 119 Å². The highest BCUT2D eigenvalue weighted by Gasteiger charge is 2.33. The molecule has 0 saturated heterocycles. The van der Waals surface area contributed by atoms with Gasteiger partial charge in [0, 0.05) is 18.7 Å². The van der Waals surface area contributed by atoms with Gasteiger partial charge in [-0.05, 0) is 25.5 Å². The average Bonchev–Trinajstić information content (AvgIpc) is 2.46. The Morgan fingerprint density at radius 1 is 1.43 bits per heavy atom. The Hall–Kier alpha value is -1.71. The largest absolute Gasteiger partial charge is 0.324 e. The molecule has 0 fully saturated rings. The van der Waals surface area contributed by atoms with E-state index in [-0.39, 0.29) is 23.2 Å². The standard InChI is InChI=1S/C12H20N4O4S/c1-4-9(3)15(5-2)21(19,20)12-7-6-10(14-13)8-11(12)16(17)18/h6-9,14H,4-5,13H2,1-3H3. The van der Waals surface area contributed by atoms with Crippen molar-refractivity contribution in [2.24, 2.45) is 5.84 Å². The Morgan fingerprint density at radius 3 is 2.48 bits per heavy atom. The summed E-state index contributed by atoms with van der Waals surface area (Å²) in [4.78, 5) is 10.1. The summed E-state index contributed by atoms with van der Waals surface area (Å²) in [6, 6.07) is 3.46. The SMILES string of the molecule is CCC(C)N(CC)S(=O)(=O)c1ccc(NN)cc1[N+](=O)[O-]. The van der Waals surface area contributed by atoms with Gasteiger partial charge in [-0.1, -0.05) is 13.8 Å². The highest BCUT2D eigenvalue weighted by molar-refractivity contribution is 7.89. The van der Waals surface area contributed by atoms with E-state index in [1.54, 1.807) is 13.8 Å². The zero-order valence-electron chi connectivity index (χ0n) is 12.2. The van der Waals surface area contributed by atoms with Gasteiger partial charge in [0.1, 0.15) is 0 Å².